The van der Waals surface area contributed by atoms with Crippen molar-refractivity contribution in [2.45, 2.75) is 18.5 Å². The van der Waals surface area contributed by atoms with Crippen LogP contribution in [0.1, 0.15) is 11.8 Å². The lowest BCUT2D eigenvalue weighted by Crippen LogP contribution is -2.30. The first kappa shape index (κ1) is 14.5. The molecule has 0 spiro atoms. The minimum atomic E-state index is -3.66. The SMILES string of the molecule is CCN(Cc1cccs1)S(=O)(=O)c1ncn(C)c1Cl. The third-order valence-corrected chi connectivity index (χ3v) is 5.96. The summed E-state index contributed by atoms with van der Waals surface area (Å²) in [5.74, 6) is 0. The van der Waals surface area contributed by atoms with Crippen LogP contribution in [-0.2, 0) is 23.6 Å². The van der Waals surface area contributed by atoms with Crippen molar-refractivity contribution in [1.29, 1.82) is 0 Å². The van der Waals surface area contributed by atoms with Gasteiger partial charge in [-0.3, -0.25) is 0 Å². The van der Waals surface area contributed by atoms with Crippen molar-refractivity contribution < 1.29 is 8.42 Å². The second kappa shape index (κ2) is 5.62. The Kier molecular flexibility index (Phi) is 4.29. The molecule has 0 bridgehead atoms. The Bertz CT molecular complexity index is 650. The molecule has 0 unspecified atom stereocenters. The van der Waals surface area contributed by atoms with Gasteiger partial charge in [-0.05, 0) is 11.4 Å². The molecular weight excluding hydrogens is 306 g/mol. The zero-order valence-electron chi connectivity index (χ0n) is 10.6. The van der Waals surface area contributed by atoms with Crippen LogP contribution in [0, 0.1) is 0 Å². The Labute approximate surface area is 121 Å². The molecule has 0 aliphatic rings. The summed E-state index contributed by atoms with van der Waals surface area (Å²) >= 11 is 7.50. The van der Waals surface area contributed by atoms with E-state index in [9.17, 15) is 8.42 Å². The molecule has 19 heavy (non-hydrogen) atoms. The molecule has 2 aromatic heterocycles. The van der Waals surface area contributed by atoms with Gasteiger partial charge in [0.25, 0.3) is 10.0 Å². The molecule has 0 saturated carbocycles. The molecule has 2 heterocycles. The van der Waals surface area contributed by atoms with Crippen molar-refractivity contribution in [3.05, 3.63) is 33.9 Å². The Morgan fingerprint density at radius 3 is 2.74 bits per heavy atom. The van der Waals surface area contributed by atoms with Gasteiger partial charge in [0, 0.05) is 25.0 Å². The number of hydrogen-bond donors (Lipinski definition) is 0. The second-order valence-electron chi connectivity index (χ2n) is 3.96. The van der Waals surface area contributed by atoms with Crippen LogP contribution in [0.4, 0.5) is 0 Å². The number of hydrogen-bond acceptors (Lipinski definition) is 4. The fraction of sp³-hybridized carbons (Fsp3) is 0.364. The topological polar surface area (TPSA) is 55.2 Å². The first-order chi connectivity index (χ1) is 8.96. The number of rotatable bonds is 5. The van der Waals surface area contributed by atoms with Crippen molar-refractivity contribution in [3.63, 3.8) is 0 Å². The van der Waals surface area contributed by atoms with Gasteiger partial charge in [0.05, 0.1) is 6.33 Å². The van der Waals surface area contributed by atoms with Crippen molar-refractivity contribution >= 4 is 33.0 Å². The van der Waals surface area contributed by atoms with Crippen LogP contribution in [-0.4, -0.2) is 28.8 Å². The van der Waals surface area contributed by atoms with Crippen LogP contribution in [0.15, 0.2) is 28.9 Å². The second-order valence-corrected chi connectivity index (χ2v) is 7.21. The van der Waals surface area contributed by atoms with Gasteiger partial charge in [0.2, 0.25) is 5.03 Å². The monoisotopic (exact) mass is 319 g/mol. The number of imidazole rings is 1. The summed E-state index contributed by atoms with van der Waals surface area (Å²) in [5, 5.41) is 1.96. The summed E-state index contributed by atoms with van der Waals surface area (Å²) < 4.78 is 27.8. The summed E-state index contributed by atoms with van der Waals surface area (Å²) in [6, 6.07) is 3.80. The highest BCUT2D eigenvalue weighted by molar-refractivity contribution is 7.89. The fourth-order valence-corrected chi connectivity index (χ4v) is 4.25. The quantitative estimate of drug-likeness (QED) is 0.850. The Balaban J connectivity index is 2.34. The van der Waals surface area contributed by atoms with Crippen LogP contribution in [0.5, 0.6) is 0 Å². The van der Waals surface area contributed by atoms with Gasteiger partial charge in [0.1, 0.15) is 5.15 Å². The molecule has 0 saturated heterocycles. The summed E-state index contributed by atoms with van der Waals surface area (Å²) in [7, 11) is -2.00. The molecule has 0 atom stereocenters. The smallest absolute Gasteiger partial charge is 0.263 e. The van der Waals surface area contributed by atoms with Gasteiger partial charge in [-0.2, -0.15) is 4.31 Å². The lowest BCUT2D eigenvalue weighted by atomic mass is 10.4. The van der Waals surface area contributed by atoms with Gasteiger partial charge in [-0.1, -0.05) is 24.6 Å². The zero-order valence-corrected chi connectivity index (χ0v) is 13.0. The van der Waals surface area contributed by atoms with Crippen LogP contribution in [0.25, 0.3) is 0 Å². The van der Waals surface area contributed by atoms with Gasteiger partial charge in [0.15, 0.2) is 0 Å². The number of sulfonamides is 1. The minimum Gasteiger partial charge on any atom is -0.324 e. The average molecular weight is 320 g/mol. The van der Waals surface area contributed by atoms with E-state index in [1.807, 2.05) is 17.5 Å². The van der Waals surface area contributed by atoms with Crippen LogP contribution >= 0.6 is 22.9 Å². The molecule has 0 N–H and O–H groups in total. The maximum Gasteiger partial charge on any atom is 0.263 e. The molecule has 8 heteroatoms. The average Bonchev–Trinajstić information content (AvgIpc) is 2.98. The number of halogens is 1. The normalized spacial score (nSPS) is 12.2. The number of thiophene rings is 1. The third-order valence-electron chi connectivity index (χ3n) is 2.68. The molecule has 0 radical (unpaired) electrons. The maximum atomic E-state index is 12.5. The van der Waals surface area contributed by atoms with Crippen molar-refractivity contribution in [1.82, 2.24) is 13.9 Å². The van der Waals surface area contributed by atoms with E-state index < -0.39 is 10.0 Å². The van der Waals surface area contributed by atoms with E-state index in [1.165, 1.54) is 26.5 Å². The van der Waals surface area contributed by atoms with E-state index in [0.29, 0.717) is 13.1 Å². The minimum absolute atomic E-state index is 0.0879. The third kappa shape index (κ3) is 2.84. The molecule has 2 aromatic rings. The predicted molar refractivity (Wildman–Crippen MR) is 75.8 cm³/mol. The molecule has 0 fully saturated rings. The van der Waals surface area contributed by atoms with E-state index in [1.54, 1.807) is 14.0 Å². The lowest BCUT2D eigenvalue weighted by Gasteiger charge is -2.18. The predicted octanol–water partition coefficient (Wildman–Crippen LogP) is 2.35. The van der Waals surface area contributed by atoms with E-state index >= 15 is 0 Å². The molecule has 104 valence electrons. The zero-order chi connectivity index (χ0) is 14.0. The molecule has 2 rings (SSSR count). The van der Waals surface area contributed by atoms with E-state index in [4.69, 9.17) is 11.6 Å². The maximum absolute atomic E-state index is 12.5. The first-order valence-corrected chi connectivity index (χ1v) is 8.36. The van der Waals surface area contributed by atoms with Gasteiger partial charge >= 0.3 is 0 Å². The Hall–Kier alpha value is -0.890. The van der Waals surface area contributed by atoms with E-state index in [0.717, 1.165) is 4.88 Å². The standard InChI is InChI=1S/C11H14ClN3O2S2/c1-3-15(7-9-5-4-6-18-9)19(16,17)11-10(12)14(2)8-13-11/h4-6,8H,3,7H2,1-2H3. The highest BCUT2D eigenvalue weighted by Gasteiger charge is 2.29. The highest BCUT2D eigenvalue weighted by Crippen LogP contribution is 2.24. The highest BCUT2D eigenvalue weighted by atomic mass is 35.5. The van der Waals surface area contributed by atoms with Crippen LogP contribution in [0.2, 0.25) is 5.15 Å². The Morgan fingerprint density at radius 2 is 2.26 bits per heavy atom. The van der Waals surface area contributed by atoms with Gasteiger partial charge in [-0.15, -0.1) is 11.3 Å². The van der Waals surface area contributed by atoms with E-state index in [-0.39, 0.29) is 10.2 Å². The lowest BCUT2D eigenvalue weighted by molar-refractivity contribution is 0.424. The molecule has 0 aromatic carbocycles. The summed E-state index contributed by atoms with van der Waals surface area (Å²) in [6.45, 7) is 2.50. The molecule has 0 amide bonds. The summed E-state index contributed by atoms with van der Waals surface area (Å²) in [5.41, 5.74) is 0. The number of aryl methyl sites for hydroxylation is 1. The summed E-state index contributed by atoms with van der Waals surface area (Å²) in [6.07, 6.45) is 1.40. The number of nitrogens with zero attached hydrogens (tertiary/aromatic N) is 3. The molecule has 0 aliphatic heterocycles. The Morgan fingerprint density at radius 1 is 1.53 bits per heavy atom. The largest absolute Gasteiger partial charge is 0.324 e. The van der Waals surface area contributed by atoms with Crippen LogP contribution < -0.4 is 0 Å². The van der Waals surface area contributed by atoms with Crippen molar-refractivity contribution in [3.8, 4) is 0 Å². The van der Waals surface area contributed by atoms with Crippen molar-refractivity contribution in [2.24, 2.45) is 7.05 Å². The first-order valence-electron chi connectivity index (χ1n) is 5.66. The molecular formula is C11H14ClN3O2S2. The van der Waals surface area contributed by atoms with Gasteiger partial charge < -0.3 is 4.57 Å². The fourth-order valence-electron chi connectivity index (χ4n) is 1.63. The molecule has 5 nitrogen and oxygen atoms in total. The van der Waals surface area contributed by atoms with Crippen LogP contribution in [0.3, 0.4) is 0 Å². The molecule has 0 aliphatic carbocycles. The van der Waals surface area contributed by atoms with Gasteiger partial charge in [-0.25, -0.2) is 13.4 Å². The van der Waals surface area contributed by atoms with E-state index in [2.05, 4.69) is 4.98 Å². The number of aromatic nitrogens is 2. The van der Waals surface area contributed by atoms with Crippen molar-refractivity contribution in [2.75, 3.05) is 6.54 Å². The summed E-state index contributed by atoms with van der Waals surface area (Å²) in [4.78, 5) is 4.87.